The van der Waals surface area contributed by atoms with E-state index in [9.17, 15) is 0 Å². The molecule has 8 aromatic carbocycles. The van der Waals surface area contributed by atoms with Crippen molar-refractivity contribution in [2.75, 3.05) is 0 Å². The number of fused-ring (bicyclic) bond motifs is 11. The number of benzene rings is 8. The van der Waals surface area contributed by atoms with Gasteiger partial charge in [0.05, 0.1) is 16.6 Å². The molecule has 4 aliphatic rings. The largest absolute Gasteiger partial charge is 0.310 e. The van der Waals surface area contributed by atoms with Gasteiger partial charge >= 0.3 is 0 Å². The fourth-order valence-electron chi connectivity index (χ4n) is 12.2. The number of nitrogens with zero attached hydrogens (tertiary/aromatic N) is 2. The third-order valence-corrected chi connectivity index (χ3v) is 14.2. The summed E-state index contributed by atoms with van der Waals surface area (Å²) in [5.74, 6) is 0. The smallest absolute Gasteiger partial charge is 0.252 e. The van der Waals surface area contributed by atoms with E-state index in [0.717, 1.165) is 0 Å². The number of aryl methyl sites for hydroxylation is 3. The van der Waals surface area contributed by atoms with Gasteiger partial charge in [-0.05, 0) is 98.9 Å². The second-order valence-electron chi connectivity index (χ2n) is 16.9. The summed E-state index contributed by atoms with van der Waals surface area (Å²) in [6, 6.07) is 60.4. The summed E-state index contributed by atoms with van der Waals surface area (Å²) in [7, 11) is 0. The minimum absolute atomic E-state index is 0.0701. The molecule has 1 atom stereocenters. The molecule has 14 rings (SSSR count). The molecule has 10 aromatic rings. The van der Waals surface area contributed by atoms with Crippen molar-refractivity contribution < 1.29 is 0 Å². The minimum atomic E-state index is -0.477. The number of para-hydroxylation sites is 1. The second kappa shape index (κ2) is 10.1. The van der Waals surface area contributed by atoms with Crippen LogP contribution in [0.2, 0.25) is 0 Å². The predicted octanol–water partition coefficient (Wildman–Crippen LogP) is 10.8. The molecule has 0 bridgehead atoms. The van der Waals surface area contributed by atoms with Crippen molar-refractivity contribution in [1.82, 2.24) is 9.13 Å². The van der Waals surface area contributed by atoms with Gasteiger partial charge in [0.2, 0.25) is 0 Å². The van der Waals surface area contributed by atoms with Crippen LogP contribution in [0.5, 0.6) is 0 Å². The van der Waals surface area contributed by atoms with Crippen molar-refractivity contribution in [2.45, 2.75) is 26.2 Å². The predicted molar refractivity (Wildman–Crippen MR) is 238 cm³/mol. The van der Waals surface area contributed by atoms with Crippen LogP contribution in [0, 0.1) is 20.8 Å². The zero-order valence-corrected chi connectivity index (χ0v) is 32.0. The van der Waals surface area contributed by atoms with Gasteiger partial charge in [-0.25, -0.2) is 0 Å². The summed E-state index contributed by atoms with van der Waals surface area (Å²) in [5.41, 5.74) is 27.7. The highest BCUT2D eigenvalue weighted by atomic mass is 15.1. The first-order chi connectivity index (χ1) is 28.1. The number of rotatable bonds is 2. The first-order valence-electron chi connectivity index (χ1n) is 20.3. The molecule has 0 fully saturated rings. The van der Waals surface area contributed by atoms with E-state index in [0.29, 0.717) is 0 Å². The van der Waals surface area contributed by atoms with Crippen LogP contribution in [0.4, 0.5) is 0 Å². The quantitative estimate of drug-likeness (QED) is 0.157. The van der Waals surface area contributed by atoms with E-state index in [1.807, 2.05) is 0 Å². The Balaban J connectivity index is 1.25. The van der Waals surface area contributed by atoms with Crippen LogP contribution in [-0.4, -0.2) is 15.8 Å². The maximum absolute atomic E-state index is 2.73. The van der Waals surface area contributed by atoms with Gasteiger partial charge in [-0.15, -0.1) is 0 Å². The minimum Gasteiger partial charge on any atom is -0.310 e. The first-order valence-corrected chi connectivity index (χ1v) is 20.3. The van der Waals surface area contributed by atoms with Crippen LogP contribution < -0.4 is 16.4 Å². The summed E-state index contributed by atoms with van der Waals surface area (Å²) in [6.07, 6.45) is 0. The van der Waals surface area contributed by atoms with Gasteiger partial charge in [0.1, 0.15) is 0 Å². The summed E-state index contributed by atoms with van der Waals surface area (Å²) in [5, 5.41) is 4.11. The standard InChI is InChI=1S/C54H35BN2/c1-30-21-24-36-35-17-10-11-19-38(35)54(41(36)29-30)39-25-22-31(2)45-46-32(3)23-27-43-53(46)57(51(39)45)52-40(54)26-28-44-48(52)55(43)42-20-12-18-37-47(33-13-6-4-7-14-33)49(56(44)50(37)42)34-15-8-5-9-16-34/h4-29H,1-3H3. The topological polar surface area (TPSA) is 9.86 Å². The molecule has 264 valence electrons. The lowest BCUT2D eigenvalue weighted by atomic mass is 9.33. The van der Waals surface area contributed by atoms with Crippen molar-refractivity contribution in [1.29, 1.82) is 0 Å². The number of hydrogen-bond donors (Lipinski definition) is 0. The SMILES string of the molecule is Cc1ccc2c(c1)C1(c3ccccc3-2)c2ccc3c4c2-n2c5c(ccc(C)c5c5c(C)ccc1c52)B4c1cccc2c(-c4ccccc4)c(-c4ccccc4)n-3c12. The lowest BCUT2D eigenvalue weighted by Crippen LogP contribution is -2.60. The molecule has 0 amide bonds. The fourth-order valence-corrected chi connectivity index (χ4v) is 12.2. The second-order valence-corrected chi connectivity index (χ2v) is 16.9. The Morgan fingerprint density at radius 2 is 1.16 bits per heavy atom. The zero-order valence-electron chi connectivity index (χ0n) is 32.0. The highest BCUT2D eigenvalue weighted by molar-refractivity contribution is 7.00. The maximum atomic E-state index is 2.73. The molecule has 1 unspecified atom stereocenters. The number of hydrogen-bond acceptors (Lipinski definition) is 0. The van der Waals surface area contributed by atoms with E-state index in [1.165, 1.54) is 133 Å². The van der Waals surface area contributed by atoms with Crippen molar-refractivity contribution in [3.8, 4) is 44.9 Å². The number of aromatic nitrogens is 2. The fraction of sp³-hybridized carbons (Fsp3) is 0.0741. The van der Waals surface area contributed by atoms with E-state index in [4.69, 9.17) is 0 Å². The molecule has 3 heteroatoms. The van der Waals surface area contributed by atoms with E-state index >= 15 is 0 Å². The Hall–Kier alpha value is -6.84. The molecular weight excluding hydrogens is 687 g/mol. The van der Waals surface area contributed by atoms with Crippen LogP contribution in [0.15, 0.2) is 158 Å². The monoisotopic (exact) mass is 722 g/mol. The third-order valence-electron chi connectivity index (χ3n) is 14.2. The average Bonchev–Trinajstić information content (AvgIpc) is 3.89. The van der Waals surface area contributed by atoms with Gasteiger partial charge in [0, 0.05) is 44.1 Å². The molecule has 1 spiro atoms. The van der Waals surface area contributed by atoms with E-state index < -0.39 is 5.41 Å². The van der Waals surface area contributed by atoms with Crippen LogP contribution in [0.25, 0.3) is 77.6 Å². The Kier molecular flexibility index (Phi) is 5.40. The Morgan fingerprint density at radius 3 is 1.98 bits per heavy atom. The lowest BCUT2D eigenvalue weighted by molar-refractivity contribution is 0.748. The van der Waals surface area contributed by atoms with Gasteiger partial charge in [-0.1, -0.05) is 157 Å². The molecule has 5 heterocycles. The van der Waals surface area contributed by atoms with Gasteiger partial charge in [0.15, 0.2) is 0 Å². The van der Waals surface area contributed by atoms with Crippen molar-refractivity contribution in [3.63, 3.8) is 0 Å². The Morgan fingerprint density at radius 1 is 0.474 bits per heavy atom. The van der Waals surface area contributed by atoms with Gasteiger partial charge in [0.25, 0.3) is 6.71 Å². The Bertz CT molecular complexity index is 3490. The highest BCUT2D eigenvalue weighted by Gasteiger charge is 2.54. The molecular formula is C54H35BN2. The molecule has 0 saturated heterocycles. The van der Waals surface area contributed by atoms with Gasteiger partial charge in [-0.2, -0.15) is 0 Å². The molecule has 2 aromatic heterocycles. The van der Waals surface area contributed by atoms with E-state index in [1.54, 1.807) is 0 Å². The molecule has 0 N–H and O–H groups in total. The van der Waals surface area contributed by atoms with Crippen molar-refractivity contribution in [2.24, 2.45) is 0 Å². The third kappa shape index (κ3) is 3.30. The van der Waals surface area contributed by atoms with Gasteiger partial charge < -0.3 is 9.13 Å². The molecule has 0 radical (unpaired) electrons. The van der Waals surface area contributed by atoms with Crippen LogP contribution in [0.3, 0.4) is 0 Å². The van der Waals surface area contributed by atoms with E-state index in [2.05, 4.69) is 188 Å². The van der Waals surface area contributed by atoms with Crippen LogP contribution in [-0.2, 0) is 5.41 Å². The van der Waals surface area contributed by atoms with Crippen LogP contribution in [0.1, 0.15) is 38.9 Å². The Labute approximate surface area is 331 Å². The zero-order chi connectivity index (χ0) is 37.5. The summed E-state index contributed by atoms with van der Waals surface area (Å²) >= 11 is 0. The summed E-state index contributed by atoms with van der Waals surface area (Å²) < 4.78 is 5.38. The lowest BCUT2D eigenvalue weighted by Gasteiger charge is -2.44. The molecule has 3 aliphatic heterocycles. The normalized spacial score (nSPS) is 16.0. The maximum Gasteiger partial charge on any atom is 0.252 e. The van der Waals surface area contributed by atoms with Gasteiger partial charge in [-0.3, -0.25) is 0 Å². The van der Waals surface area contributed by atoms with Crippen molar-refractivity contribution >= 4 is 55.8 Å². The molecule has 57 heavy (non-hydrogen) atoms. The summed E-state index contributed by atoms with van der Waals surface area (Å²) in [6.45, 7) is 6.98. The molecule has 2 nitrogen and oxygen atoms in total. The molecule has 1 aliphatic carbocycles. The van der Waals surface area contributed by atoms with E-state index in [-0.39, 0.29) is 6.71 Å². The average molecular weight is 723 g/mol. The van der Waals surface area contributed by atoms with Crippen molar-refractivity contribution in [3.05, 3.63) is 197 Å². The molecule has 0 saturated carbocycles. The van der Waals surface area contributed by atoms with Crippen LogP contribution >= 0.6 is 0 Å². The first kappa shape index (κ1) is 30.4. The highest BCUT2D eigenvalue weighted by Crippen LogP contribution is 2.62. The summed E-state index contributed by atoms with van der Waals surface area (Å²) in [4.78, 5) is 0.